The number of nitrogens with zero attached hydrogens (tertiary/aromatic N) is 4. The normalized spacial score (nSPS) is 17.3. The third-order valence-corrected chi connectivity index (χ3v) is 5.08. The molecule has 0 radical (unpaired) electrons. The average molecular weight is 351 g/mol. The molecule has 1 saturated carbocycles. The summed E-state index contributed by atoms with van der Waals surface area (Å²) in [6.45, 7) is 3.39. The molecular weight excluding hydrogens is 330 g/mol. The molecule has 3 N–H and O–H groups in total. The van der Waals surface area contributed by atoms with Gasteiger partial charge in [0.1, 0.15) is 5.82 Å². The van der Waals surface area contributed by atoms with Crippen LogP contribution < -0.4 is 16.0 Å². The summed E-state index contributed by atoms with van der Waals surface area (Å²) in [5, 5.41) is 23.0. The molecule has 3 heterocycles. The number of aryl methyl sites for hydroxylation is 1. The molecule has 1 aliphatic carbocycles. The Morgan fingerprint density at radius 2 is 2.31 bits per heavy atom. The summed E-state index contributed by atoms with van der Waals surface area (Å²) in [5.74, 6) is 0.683. The topological polar surface area (TPSA) is 108 Å². The highest BCUT2D eigenvalue weighted by Gasteiger charge is 2.37. The van der Waals surface area contributed by atoms with Crippen molar-refractivity contribution in [3.05, 3.63) is 29.7 Å². The maximum Gasteiger partial charge on any atom is 0.243 e. The molecule has 1 fully saturated rings. The first-order valence-corrected chi connectivity index (χ1v) is 8.79. The Hall–Kier alpha value is -3.08. The van der Waals surface area contributed by atoms with Gasteiger partial charge in [-0.3, -0.25) is 9.48 Å². The highest BCUT2D eigenvalue weighted by Crippen LogP contribution is 2.41. The van der Waals surface area contributed by atoms with E-state index in [0.29, 0.717) is 13.1 Å². The van der Waals surface area contributed by atoms with Gasteiger partial charge in [0, 0.05) is 24.4 Å². The molecule has 0 atom stereocenters. The SMILES string of the molecule is Cc1nc(NCc2cnn(CC3(C#N)CCC3)c2)cc2c1NC(=O)CN2. The lowest BCUT2D eigenvalue weighted by atomic mass is 9.70. The van der Waals surface area contributed by atoms with E-state index in [1.165, 1.54) is 0 Å². The summed E-state index contributed by atoms with van der Waals surface area (Å²) in [6, 6.07) is 4.34. The Labute approximate surface area is 151 Å². The van der Waals surface area contributed by atoms with Gasteiger partial charge >= 0.3 is 0 Å². The summed E-state index contributed by atoms with van der Waals surface area (Å²) in [7, 11) is 0. The zero-order valence-electron chi connectivity index (χ0n) is 14.7. The Bertz CT molecular complexity index is 891. The van der Waals surface area contributed by atoms with E-state index in [1.54, 1.807) is 0 Å². The predicted octanol–water partition coefficient (Wildman–Crippen LogP) is 2.26. The van der Waals surface area contributed by atoms with Crippen LogP contribution in [-0.2, 0) is 17.9 Å². The second-order valence-corrected chi connectivity index (χ2v) is 7.06. The van der Waals surface area contributed by atoms with Gasteiger partial charge in [-0.05, 0) is 19.8 Å². The molecule has 8 nitrogen and oxygen atoms in total. The number of amides is 1. The summed E-state index contributed by atoms with van der Waals surface area (Å²) < 4.78 is 1.86. The van der Waals surface area contributed by atoms with Crippen LogP contribution in [0.15, 0.2) is 18.5 Å². The van der Waals surface area contributed by atoms with Gasteiger partial charge in [-0.2, -0.15) is 10.4 Å². The second-order valence-electron chi connectivity index (χ2n) is 7.06. The lowest BCUT2D eigenvalue weighted by molar-refractivity contribution is -0.114. The maximum absolute atomic E-state index is 11.5. The largest absolute Gasteiger partial charge is 0.374 e. The van der Waals surface area contributed by atoms with Gasteiger partial charge in [0.2, 0.25) is 5.91 Å². The summed E-state index contributed by atoms with van der Waals surface area (Å²) in [4.78, 5) is 16.0. The summed E-state index contributed by atoms with van der Waals surface area (Å²) in [6.07, 6.45) is 6.84. The standard InChI is InChI=1S/C18H21N7O/c1-12-17-14(20-8-16(26)24-17)5-15(23-12)21-6-13-7-22-25(9-13)11-18(10-19)3-2-4-18/h5,7,9,20H,2-4,6,8,11H2,1H3,(H,21,23)(H,24,26). The fourth-order valence-corrected chi connectivity index (χ4v) is 3.42. The number of rotatable bonds is 5. The third-order valence-electron chi connectivity index (χ3n) is 5.08. The number of fused-ring (bicyclic) bond motifs is 1. The molecule has 1 aliphatic heterocycles. The molecule has 4 rings (SSSR count). The van der Waals surface area contributed by atoms with Crippen LogP contribution >= 0.6 is 0 Å². The summed E-state index contributed by atoms with van der Waals surface area (Å²) >= 11 is 0. The van der Waals surface area contributed by atoms with Crippen LogP contribution in [-0.4, -0.2) is 27.2 Å². The van der Waals surface area contributed by atoms with Crippen molar-refractivity contribution in [2.45, 2.75) is 39.3 Å². The van der Waals surface area contributed by atoms with Gasteiger partial charge in [-0.1, -0.05) is 6.42 Å². The Morgan fingerprint density at radius 1 is 1.46 bits per heavy atom. The second kappa shape index (κ2) is 6.33. The van der Waals surface area contributed by atoms with E-state index in [0.717, 1.165) is 47.7 Å². The van der Waals surface area contributed by atoms with Gasteiger partial charge in [-0.25, -0.2) is 4.98 Å². The fraction of sp³-hybridized carbons (Fsp3) is 0.444. The molecule has 2 aliphatic rings. The minimum atomic E-state index is -0.232. The van der Waals surface area contributed by atoms with E-state index in [9.17, 15) is 10.1 Å². The molecule has 0 bridgehead atoms. The third kappa shape index (κ3) is 3.08. The number of pyridine rings is 1. The van der Waals surface area contributed by atoms with Crippen molar-refractivity contribution < 1.29 is 4.79 Å². The number of nitrogens with one attached hydrogen (secondary N) is 3. The van der Waals surface area contributed by atoms with E-state index < -0.39 is 0 Å². The van der Waals surface area contributed by atoms with Crippen LogP contribution in [0.4, 0.5) is 17.2 Å². The number of aromatic nitrogens is 3. The van der Waals surface area contributed by atoms with Crippen LogP contribution in [0.3, 0.4) is 0 Å². The molecule has 0 saturated heterocycles. The number of anilines is 3. The fourth-order valence-electron chi connectivity index (χ4n) is 3.42. The molecule has 26 heavy (non-hydrogen) atoms. The van der Waals surface area contributed by atoms with Gasteiger partial charge < -0.3 is 16.0 Å². The summed E-state index contributed by atoms with van der Waals surface area (Å²) in [5.41, 5.74) is 3.18. The van der Waals surface area contributed by atoms with Crippen molar-refractivity contribution in [1.29, 1.82) is 5.26 Å². The molecule has 8 heteroatoms. The molecule has 0 unspecified atom stereocenters. The average Bonchev–Trinajstić information content (AvgIpc) is 3.04. The molecule has 2 aromatic rings. The van der Waals surface area contributed by atoms with Crippen LogP contribution in [0.2, 0.25) is 0 Å². The lowest BCUT2D eigenvalue weighted by Crippen LogP contribution is -2.32. The molecular formula is C18H21N7O. The van der Waals surface area contributed by atoms with E-state index in [4.69, 9.17) is 0 Å². The molecule has 134 valence electrons. The van der Waals surface area contributed by atoms with Crippen molar-refractivity contribution in [1.82, 2.24) is 14.8 Å². The van der Waals surface area contributed by atoms with Crippen LogP contribution in [0, 0.1) is 23.7 Å². The maximum atomic E-state index is 11.5. The van der Waals surface area contributed by atoms with Crippen LogP contribution in [0.1, 0.15) is 30.5 Å². The molecule has 0 aromatic carbocycles. The van der Waals surface area contributed by atoms with E-state index in [-0.39, 0.29) is 17.9 Å². The van der Waals surface area contributed by atoms with Crippen molar-refractivity contribution >= 4 is 23.1 Å². The van der Waals surface area contributed by atoms with E-state index in [2.05, 4.69) is 32.1 Å². The van der Waals surface area contributed by atoms with Gasteiger partial charge in [0.15, 0.2) is 0 Å². The van der Waals surface area contributed by atoms with Crippen molar-refractivity contribution in [3.8, 4) is 6.07 Å². The van der Waals surface area contributed by atoms with Gasteiger partial charge in [0.25, 0.3) is 0 Å². The minimum absolute atomic E-state index is 0.0582. The first-order valence-electron chi connectivity index (χ1n) is 8.79. The highest BCUT2D eigenvalue weighted by atomic mass is 16.2. The quantitative estimate of drug-likeness (QED) is 0.763. The smallest absolute Gasteiger partial charge is 0.243 e. The lowest BCUT2D eigenvalue weighted by Gasteiger charge is -2.34. The molecule has 1 amide bonds. The number of hydrogen-bond donors (Lipinski definition) is 3. The van der Waals surface area contributed by atoms with Crippen LogP contribution in [0.25, 0.3) is 0 Å². The van der Waals surface area contributed by atoms with Gasteiger partial charge in [-0.15, -0.1) is 0 Å². The van der Waals surface area contributed by atoms with Gasteiger partial charge in [0.05, 0.1) is 47.8 Å². The Morgan fingerprint density at radius 3 is 3.04 bits per heavy atom. The highest BCUT2D eigenvalue weighted by molar-refractivity contribution is 6.01. The van der Waals surface area contributed by atoms with E-state index in [1.807, 2.05) is 30.1 Å². The number of nitriles is 1. The zero-order chi connectivity index (χ0) is 18.1. The monoisotopic (exact) mass is 351 g/mol. The van der Waals surface area contributed by atoms with Crippen molar-refractivity contribution in [2.75, 3.05) is 22.5 Å². The minimum Gasteiger partial charge on any atom is -0.374 e. The molecule has 2 aromatic heterocycles. The predicted molar refractivity (Wildman–Crippen MR) is 97.5 cm³/mol. The Kier molecular flexibility index (Phi) is 3.99. The number of hydrogen-bond acceptors (Lipinski definition) is 6. The zero-order valence-corrected chi connectivity index (χ0v) is 14.7. The van der Waals surface area contributed by atoms with Crippen LogP contribution in [0.5, 0.6) is 0 Å². The van der Waals surface area contributed by atoms with E-state index >= 15 is 0 Å². The first-order chi connectivity index (χ1) is 12.6. The number of carbonyl (C=O) groups excluding carboxylic acids is 1. The Balaban J connectivity index is 1.41. The number of carbonyl (C=O) groups is 1. The van der Waals surface area contributed by atoms with Crippen molar-refractivity contribution in [3.63, 3.8) is 0 Å². The molecule has 0 spiro atoms. The van der Waals surface area contributed by atoms with Crippen molar-refractivity contribution in [2.24, 2.45) is 5.41 Å². The first kappa shape index (κ1) is 16.4.